The molecule has 4 heteroatoms. The molecule has 0 spiro atoms. The number of hydrogen-bond acceptors (Lipinski definition) is 4. The zero-order valence-electron chi connectivity index (χ0n) is 13.3. The van der Waals surface area contributed by atoms with Crippen molar-refractivity contribution < 1.29 is 19.1 Å². The molecule has 0 saturated heterocycles. The van der Waals surface area contributed by atoms with E-state index in [1.165, 1.54) is 0 Å². The number of fused-ring (bicyclic) bond motifs is 1. The minimum atomic E-state index is -0.654. The Labute approximate surface area is 124 Å². The Morgan fingerprint density at radius 3 is 2.29 bits per heavy atom. The van der Waals surface area contributed by atoms with E-state index in [1.807, 2.05) is 47.6 Å². The van der Waals surface area contributed by atoms with E-state index in [9.17, 15) is 9.59 Å². The molecule has 0 bridgehead atoms. The molecule has 0 amide bonds. The monoisotopic (exact) mass is 288 g/mol. The summed E-state index contributed by atoms with van der Waals surface area (Å²) in [5, 5.41) is 0. The molecule has 4 nitrogen and oxygen atoms in total. The van der Waals surface area contributed by atoms with Gasteiger partial charge >= 0.3 is 11.9 Å². The average Bonchev–Trinajstić information content (AvgIpc) is 2.78. The van der Waals surface area contributed by atoms with Crippen molar-refractivity contribution in [3.05, 3.63) is 34.1 Å². The maximum Gasteiger partial charge on any atom is 0.346 e. The van der Waals surface area contributed by atoms with Crippen molar-refractivity contribution in [2.45, 2.75) is 47.1 Å². The number of cyclic esters (lactones) is 2. The van der Waals surface area contributed by atoms with Crippen LogP contribution in [0, 0.1) is 11.3 Å². The van der Waals surface area contributed by atoms with Gasteiger partial charge in [-0.25, -0.2) is 9.59 Å². The minimum absolute atomic E-state index is 0.102. The molecule has 0 aromatic carbocycles. The second-order valence-electron chi connectivity index (χ2n) is 6.92. The summed E-state index contributed by atoms with van der Waals surface area (Å²) in [6.07, 6.45) is 1.98. The van der Waals surface area contributed by atoms with Gasteiger partial charge in [0.1, 0.15) is 5.60 Å². The van der Waals surface area contributed by atoms with Gasteiger partial charge in [0, 0.05) is 11.0 Å². The van der Waals surface area contributed by atoms with Crippen LogP contribution in [-0.2, 0) is 19.1 Å². The minimum Gasteiger partial charge on any atom is -0.487 e. The first-order chi connectivity index (χ1) is 9.61. The van der Waals surface area contributed by atoms with Crippen LogP contribution < -0.4 is 0 Å². The SMILES string of the molecule is CC1=CC2=C(C(C)C)C3=C(C(=O)OC3=O)C(C)(C)C2(C)O1. The van der Waals surface area contributed by atoms with E-state index in [2.05, 4.69) is 0 Å². The molecule has 0 saturated carbocycles. The first-order valence-corrected chi connectivity index (χ1v) is 7.25. The molecule has 21 heavy (non-hydrogen) atoms. The smallest absolute Gasteiger partial charge is 0.346 e. The topological polar surface area (TPSA) is 52.6 Å². The number of ether oxygens (including phenoxy) is 2. The van der Waals surface area contributed by atoms with Gasteiger partial charge in [-0.15, -0.1) is 0 Å². The van der Waals surface area contributed by atoms with Gasteiger partial charge in [-0.1, -0.05) is 27.7 Å². The molecule has 112 valence electrons. The summed E-state index contributed by atoms with van der Waals surface area (Å²) in [6, 6.07) is 0. The van der Waals surface area contributed by atoms with Crippen molar-refractivity contribution >= 4 is 11.9 Å². The Bertz CT molecular complexity index is 673. The van der Waals surface area contributed by atoms with Gasteiger partial charge in [0.05, 0.1) is 16.9 Å². The zero-order chi connectivity index (χ0) is 15.7. The number of carbonyl (C=O) groups is 2. The first-order valence-electron chi connectivity index (χ1n) is 7.25. The van der Waals surface area contributed by atoms with E-state index in [-0.39, 0.29) is 5.92 Å². The van der Waals surface area contributed by atoms with E-state index < -0.39 is 23.0 Å². The highest BCUT2D eigenvalue weighted by atomic mass is 16.6. The van der Waals surface area contributed by atoms with Crippen LogP contribution in [0.3, 0.4) is 0 Å². The van der Waals surface area contributed by atoms with Crippen molar-refractivity contribution in [3.63, 3.8) is 0 Å². The first kappa shape index (κ1) is 14.1. The summed E-state index contributed by atoms with van der Waals surface area (Å²) in [5.74, 6) is -0.156. The standard InChI is InChI=1S/C17H20O4/c1-8(2)11-10-7-9(3)21-17(10,6)16(4,5)13-12(11)14(18)20-15(13)19/h7-8H,1-6H3. The normalized spacial score (nSPS) is 30.3. The molecule has 2 aliphatic heterocycles. The third-order valence-corrected chi connectivity index (χ3v) is 5.02. The van der Waals surface area contributed by atoms with E-state index in [0.717, 1.165) is 16.9 Å². The van der Waals surface area contributed by atoms with Gasteiger partial charge in [-0.05, 0) is 31.4 Å². The highest BCUT2D eigenvalue weighted by Crippen LogP contribution is 2.58. The predicted molar refractivity (Wildman–Crippen MR) is 77.0 cm³/mol. The lowest BCUT2D eigenvalue weighted by Gasteiger charge is -2.46. The van der Waals surface area contributed by atoms with Gasteiger partial charge in [0.15, 0.2) is 0 Å². The summed E-state index contributed by atoms with van der Waals surface area (Å²) in [7, 11) is 0. The molecule has 0 aromatic rings. The number of allylic oxidation sites excluding steroid dienone is 1. The lowest BCUT2D eigenvalue weighted by Crippen LogP contribution is -2.48. The molecule has 0 fully saturated rings. The van der Waals surface area contributed by atoms with Crippen LogP contribution in [0.1, 0.15) is 41.5 Å². The molecule has 1 unspecified atom stereocenters. The third kappa shape index (κ3) is 1.50. The van der Waals surface area contributed by atoms with Crippen molar-refractivity contribution in [1.82, 2.24) is 0 Å². The van der Waals surface area contributed by atoms with Gasteiger partial charge in [0.2, 0.25) is 0 Å². The van der Waals surface area contributed by atoms with Gasteiger partial charge < -0.3 is 9.47 Å². The summed E-state index contributed by atoms with van der Waals surface area (Å²) in [4.78, 5) is 24.4. The molecule has 3 rings (SSSR count). The number of carbonyl (C=O) groups excluding carboxylic acids is 2. The highest BCUT2D eigenvalue weighted by Gasteiger charge is 2.60. The summed E-state index contributed by atoms with van der Waals surface area (Å²) in [6.45, 7) is 11.8. The lowest BCUT2D eigenvalue weighted by atomic mass is 9.60. The predicted octanol–water partition coefficient (Wildman–Crippen LogP) is 3.05. The van der Waals surface area contributed by atoms with Crippen LogP contribution in [0.15, 0.2) is 34.1 Å². The van der Waals surface area contributed by atoms with Crippen LogP contribution >= 0.6 is 0 Å². The molecular formula is C17H20O4. The zero-order valence-corrected chi connectivity index (χ0v) is 13.3. The van der Waals surface area contributed by atoms with Gasteiger partial charge in [-0.3, -0.25) is 0 Å². The summed E-state index contributed by atoms with van der Waals surface area (Å²) in [5.41, 5.74) is 1.48. The molecule has 0 aromatic heterocycles. The number of rotatable bonds is 1. The Hall–Kier alpha value is -1.84. The largest absolute Gasteiger partial charge is 0.487 e. The van der Waals surface area contributed by atoms with E-state index in [4.69, 9.17) is 9.47 Å². The number of esters is 2. The van der Waals surface area contributed by atoms with Crippen molar-refractivity contribution in [1.29, 1.82) is 0 Å². The van der Waals surface area contributed by atoms with E-state index in [1.54, 1.807) is 0 Å². The van der Waals surface area contributed by atoms with Crippen LogP contribution in [0.4, 0.5) is 0 Å². The van der Waals surface area contributed by atoms with Crippen molar-refractivity contribution in [2.24, 2.45) is 11.3 Å². The van der Waals surface area contributed by atoms with Gasteiger partial charge in [-0.2, -0.15) is 0 Å². The Morgan fingerprint density at radius 2 is 1.71 bits per heavy atom. The fourth-order valence-electron chi connectivity index (χ4n) is 3.72. The fourth-order valence-corrected chi connectivity index (χ4v) is 3.72. The lowest BCUT2D eigenvalue weighted by molar-refractivity contribution is -0.152. The quantitative estimate of drug-likeness (QED) is 0.549. The number of hydrogen-bond donors (Lipinski definition) is 0. The van der Waals surface area contributed by atoms with Crippen LogP contribution in [0.25, 0.3) is 0 Å². The average molecular weight is 288 g/mol. The molecule has 1 atom stereocenters. The Balaban J connectivity index is 2.41. The third-order valence-electron chi connectivity index (χ3n) is 5.02. The van der Waals surface area contributed by atoms with E-state index in [0.29, 0.717) is 11.1 Å². The second-order valence-corrected chi connectivity index (χ2v) is 6.92. The van der Waals surface area contributed by atoms with Crippen molar-refractivity contribution in [3.8, 4) is 0 Å². The fraction of sp³-hybridized carbons (Fsp3) is 0.529. The molecular weight excluding hydrogens is 268 g/mol. The van der Waals surface area contributed by atoms with Crippen molar-refractivity contribution in [2.75, 3.05) is 0 Å². The second kappa shape index (κ2) is 3.87. The molecule has 2 heterocycles. The maximum atomic E-state index is 12.2. The molecule has 1 aliphatic carbocycles. The Kier molecular flexibility index (Phi) is 2.60. The highest BCUT2D eigenvalue weighted by molar-refractivity contribution is 6.16. The summed E-state index contributed by atoms with van der Waals surface area (Å²) < 4.78 is 11.0. The Morgan fingerprint density at radius 1 is 1.10 bits per heavy atom. The van der Waals surface area contributed by atoms with Crippen LogP contribution in [-0.4, -0.2) is 17.5 Å². The molecule has 3 aliphatic rings. The van der Waals surface area contributed by atoms with Gasteiger partial charge in [0.25, 0.3) is 0 Å². The maximum absolute atomic E-state index is 12.2. The van der Waals surface area contributed by atoms with Crippen LogP contribution in [0.5, 0.6) is 0 Å². The molecule has 0 N–H and O–H groups in total. The van der Waals surface area contributed by atoms with Crippen LogP contribution in [0.2, 0.25) is 0 Å². The summed E-state index contributed by atoms with van der Waals surface area (Å²) >= 11 is 0. The molecule has 0 radical (unpaired) electrons. The van der Waals surface area contributed by atoms with E-state index >= 15 is 0 Å².